The predicted molar refractivity (Wildman–Crippen MR) is 53.3 cm³/mol. The van der Waals surface area contributed by atoms with Crippen LogP contribution in [0.25, 0.3) is 0 Å². The number of carbonyl (C=O) groups is 1. The number of rotatable bonds is 4. The maximum absolute atomic E-state index is 12.6. The van der Waals surface area contributed by atoms with Crippen molar-refractivity contribution in [3.05, 3.63) is 29.6 Å². The van der Waals surface area contributed by atoms with E-state index in [0.717, 1.165) is 0 Å². The van der Waals surface area contributed by atoms with Crippen LogP contribution in [0.4, 0.5) is 8.78 Å². The lowest BCUT2D eigenvalue weighted by Gasteiger charge is -2.14. The van der Waals surface area contributed by atoms with Crippen LogP contribution >= 0.6 is 0 Å². The van der Waals surface area contributed by atoms with Crippen molar-refractivity contribution in [2.75, 3.05) is 13.2 Å². The number of carbonyl (C=O) groups excluding carboxylic acids is 1. The van der Waals surface area contributed by atoms with Crippen molar-refractivity contribution in [1.29, 1.82) is 0 Å². The van der Waals surface area contributed by atoms with Gasteiger partial charge >= 0.3 is 0 Å². The molecule has 0 fully saturated rings. The SMILES string of the molecule is Cc1cccnc1C(=O)NCC(F)(F)CO. The van der Waals surface area contributed by atoms with E-state index in [2.05, 4.69) is 4.98 Å². The molecule has 1 rings (SSSR count). The van der Waals surface area contributed by atoms with Crippen LogP contribution in [-0.4, -0.2) is 35.1 Å². The van der Waals surface area contributed by atoms with Crippen LogP contribution in [-0.2, 0) is 0 Å². The van der Waals surface area contributed by atoms with Crippen molar-refractivity contribution < 1.29 is 18.7 Å². The molecule has 0 aliphatic carbocycles. The summed E-state index contributed by atoms with van der Waals surface area (Å²) >= 11 is 0. The molecule has 6 heteroatoms. The van der Waals surface area contributed by atoms with Crippen LogP contribution in [0.15, 0.2) is 18.3 Å². The highest BCUT2D eigenvalue weighted by Crippen LogP contribution is 2.10. The molecule has 0 aliphatic heterocycles. The van der Waals surface area contributed by atoms with Crippen LogP contribution < -0.4 is 5.32 Å². The summed E-state index contributed by atoms with van der Waals surface area (Å²) in [6.07, 6.45) is 1.41. The van der Waals surface area contributed by atoms with Gasteiger partial charge in [-0.25, -0.2) is 8.78 Å². The van der Waals surface area contributed by atoms with Crippen LogP contribution in [0.5, 0.6) is 0 Å². The number of aromatic nitrogens is 1. The monoisotopic (exact) mass is 230 g/mol. The van der Waals surface area contributed by atoms with E-state index < -0.39 is 25.0 Å². The molecule has 2 N–H and O–H groups in total. The fraction of sp³-hybridized carbons (Fsp3) is 0.400. The lowest BCUT2D eigenvalue weighted by Crippen LogP contribution is -2.39. The third-order valence-electron chi connectivity index (χ3n) is 1.96. The van der Waals surface area contributed by atoms with E-state index in [9.17, 15) is 13.6 Å². The van der Waals surface area contributed by atoms with Crippen molar-refractivity contribution in [2.24, 2.45) is 0 Å². The molecule has 1 heterocycles. The van der Waals surface area contributed by atoms with Gasteiger partial charge in [-0.05, 0) is 18.6 Å². The summed E-state index contributed by atoms with van der Waals surface area (Å²) in [5.74, 6) is -3.98. The van der Waals surface area contributed by atoms with Gasteiger partial charge < -0.3 is 10.4 Å². The summed E-state index contributed by atoms with van der Waals surface area (Å²) < 4.78 is 25.3. The summed E-state index contributed by atoms with van der Waals surface area (Å²) in [5, 5.41) is 10.3. The lowest BCUT2D eigenvalue weighted by atomic mass is 10.2. The van der Waals surface area contributed by atoms with Crippen LogP contribution in [0, 0.1) is 6.92 Å². The van der Waals surface area contributed by atoms with E-state index in [1.807, 2.05) is 5.32 Å². The van der Waals surface area contributed by atoms with Gasteiger partial charge in [-0.2, -0.15) is 0 Å². The van der Waals surface area contributed by atoms with Gasteiger partial charge in [-0.3, -0.25) is 9.78 Å². The standard InChI is InChI=1S/C10H12F2N2O2/c1-7-3-2-4-13-8(7)9(16)14-5-10(11,12)6-15/h2-4,15H,5-6H2,1H3,(H,14,16). The lowest BCUT2D eigenvalue weighted by molar-refractivity contribution is -0.0462. The third kappa shape index (κ3) is 3.23. The molecule has 0 atom stereocenters. The molecule has 0 saturated heterocycles. The van der Waals surface area contributed by atoms with Gasteiger partial charge in [0.25, 0.3) is 11.8 Å². The number of nitrogens with zero attached hydrogens (tertiary/aromatic N) is 1. The topological polar surface area (TPSA) is 62.2 Å². The summed E-state index contributed by atoms with van der Waals surface area (Å²) in [4.78, 5) is 15.2. The Morgan fingerprint density at radius 1 is 1.62 bits per heavy atom. The molecule has 1 amide bonds. The van der Waals surface area contributed by atoms with E-state index in [4.69, 9.17) is 5.11 Å². The van der Waals surface area contributed by atoms with Crippen molar-refractivity contribution in [2.45, 2.75) is 12.8 Å². The first kappa shape index (κ1) is 12.5. The largest absolute Gasteiger partial charge is 0.390 e. The second kappa shape index (κ2) is 4.98. The van der Waals surface area contributed by atoms with E-state index in [-0.39, 0.29) is 5.69 Å². The minimum atomic E-state index is -3.31. The molecule has 0 aromatic carbocycles. The zero-order valence-corrected chi connectivity index (χ0v) is 8.70. The smallest absolute Gasteiger partial charge is 0.287 e. The minimum absolute atomic E-state index is 0.108. The number of aliphatic hydroxyl groups excluding tert-OH is 1. The number of hydrogen-bond acceptors (Lipinski definition) is 3. The Morgan fingerprint density at radius 2 is 2.31 bits per heavy atom. The zero-order valence-electron chi connectivity index (χ0n) is 8.70. The predicted octanol–water partition coefficient (Wildman–Crippen LogP) is 0.747. The molecule has 0 spiro atoms. The number of pyridine rings is 1. The Kier molecular flexibility index (Phi) is 3.89. The number of halogens is 2. The number of aliphatic hydroxyl groups is 1. The van der Waals surface area contributed by atoms with Crippen LogP contribution in [0.3, 0.4) is 0 Å². The molecule has 4 nitrogen and oxygen atoms in total. The van der Waals surface area contributed by atoms with Crippen molar-refractivity contribution in [3.63, 3.8) is 0 Å². The van der Waals surface area contributed by atoms with Gasteiger partial charge in [0, 0.05) is 6.20 Å². The Hall–Kier alpha value is -1.56. The normalized spacial score (nSPS) is 11.2. The second-order valence-corrected chi connectivity index (χ2v) is 3.37. The Morgan fingerprint density at radius 3 is 2.88 bits per heavy atom. The molecule has 0 radical (unpaired) electrons. The first-order valence-corrected chi connectivity index (χ1v) is 4.65. The number of hydrogen-bond donors (Lipinski definition) is 2. The number of amides is 1. The fourth-order valence-electron chi connectivity index (χ4n) is 1.07. The summed E-state index contributed by atoms with van der Waals surface area (Å²) in [7, 11) is 0. The molecule has 1 aromatic heterocycles. The molecule has 16 heavy (non-hydrogen) atoms. The second-order valence-electron chi connectivity index (χ2n) is 3.37. The van der Waals surface area contributed by atoms with Crippen LogP contribution in [0.1, 0.15) is 16.1 Å². The Balaban J connectivity index is 2.64. The number of aryl methyl sites for hydroxylation is 1. The summed E-state index contributed by atoms with van der Waals surface area (Å²) in [5.41, 5.74) is 0.712. The summed E-state index contributed by atoms with van der Waals surface area (Å²) in [6.45, 7) is -0.543. The maximum atomic E-state index is 12.6. The molecule has 0 saturated carbocycles. The van der Waals surface area contributed by atoms with E-state index in [1.165, 1.54) is 6.20 Å². The van der Waals surface area contributed by atoms with Crippen molar-refractivity contribution in [3.8, 4) is 0 Å². The highest BCUT2D eigenvalue weighted by molar-refractivity contribution is 5.93. The van der Waals surface area contributed by atoms with Crippen molar-refractivity contribution in [1.82, 2.24) is 10.3 Å². The minimum Gasteiger partial charge on any atom is -0.390 e. The van der Waals surface area contributed by atoms with Gasteiger partial charge in [0.15, 0.2) is 0 Å². The van der Waals surface area contributed by atoms with E-state index >= 15 is 0 Å². The van der Waals surface area contributed by atoms with Gasteiger partial charge in [0.05, 0.1) is 6.54 Å². The number of nitrogens with one attached hydrogen (secondary N) is 1. The highest BCUT2D eigenvalue weighted by Gasteiger charge is 2.28. The molecule has 0 unspecified atom stereocenters. The van der Waals surface area contributed by atoms with Crippen molar-refractivity contribution >= 4 is 5.91 Å². The van der Waals surface area contributed by atoms with Gasteiger partial charge in [0.1, 0.15) is 12.3 Å². The molecule has 1 aromatic rings. The average molecular weight is 230 g/mol. The first-order chi connectivity index (χ1) is 7.46. The fourth-order valence-corrected chi connectivity index (χ4v) is 1.07. The molecular weight excluding hydrogens is 218 g/mol. The van der Waals surface area contributed by atoms with Gasteiger partial charge in [-0.15, -0.1) is 0 Å². The number of alkyl halides is 2. The van der Waals surface area contributed by atoms with E-state index in [1.54, 1.807) is 19.1 Å². The van der Waals surface area contributed by atoms with Gasteiger partial charge in [0.2, 0.25) is 0 Å². The molecule has 0 bridgehead atoms. The van der Waals surface area contributed by atoms with Crippen LogP contribution in [0.2, 0.25) is 0 Å². The maximum Gasteiger partial charge on any atom is 0.287 e. The molecule has 0 aliphatic rings. The quantitative estimate of drug-likeness (QED) is 0.802. The molecular formula is C10H12F2N2O2. The van der Waals surface area contributed by atoms with E-state index in [0.29, 0.717) is 5.56 Å². The third-order valence-corrected chi connectivity index (χ3v) is 1.96. The average Bonchev–Trinajstić information content (AvgIpc) is 2.27. The van der Waals surface area contributed by atoms with Gasteiger partial charge in [-0.1, -0.05) is 6.07 Å². The first-order valence-electron chi connectivity index (χ1n) is 4.65. The Bertz CT molecular complexity index is 383. The molecule has 88 valence electrons. The zero-order chi connectivity index (χ0) is 12.2. The summed E-state index contributed by atoms with van der Waals surface area (Å²) in [6, 6.07) is 3.31. The highest BCUT2D eigenvalue weighted by atomic mass is 19.3. The Labute approximate surface area is 91.3 Å².